The predicted octanol–water partition coefficient (Wildman–Crippen LogP) is 4.04. The fourth-order valence-electron chi connectivity index (χ4n) is 1.68. The molecule has 4 nitrogen and oxygen atoms in total. The van der Waals surface area contributed by atoms with Crippen LogP contribution in [0.25, 0.3) is 11.4 Å². The molecule has 1 heterocycles. The van der Waals surface area contributed by atoms with Crippen LogP contribution in [0.3, 0.4) is 0 Å². The standard InChI is InChI=1S/C13H10BrF3N2O2/c1-6-3-4-8(9(14)5-6)11-18-12(21-19-11)7(2)10(20)13(15,16)17/h3-5,7H,1-2H3. The van der Waals surface area contributed by atoms with Gasteiger partial charge in [0.1, 0.15) is 5.92 Å². The topological polar surface area (TPSA) is 56.0 Å². The summed E-state index contributed by atoms with van der Waals surface area (Å²) in [6.07, 6.45) is -4.93. The lowest BCUT2D eigenvalue weighted by molar-refractivity contribution is -0.172. The van der Waals surface area contributed by atoms with E-state index in [9.17, 15) is 18.0 Å². The third kappa shape index (κ3) is 3.31. The van der Waals surface area contributed by atoms with Crippen molar-refractivity contribution >= 4 is 21.7 Å². The van der Waals surface area contributed by atoms with Crippen molar-refractivity contribution in [2.75, 3.05) is 0 Å². The monoisotopic (exact) mass is 362 g/mol. The third-order valence-electron chi connectivity index (χ3n) is 2.85. The molecule has 0 saturated carbocycles. The minimum atomic E-state index is -4.93. The molecule has 8 heteroatoms. The molecule has 0 N–H and O–H groups in total. The van der Waals surface area contributed by atoms with Crippen molar-refractivity contribution in [2.24, 2.45) is 0 Å². The van der Waals surface area contributed by atoms with Crippen molar-refractivity contribution < 1.29 is 22.5 Å². The van der Waals surface area contributed by atoms with Crippen molar-refractivity contribution in [2.45, 2.75) is 25.9 Å². The van der Waals surface area contributed by atoms with Gasteiger partial charge in [-0.05, 0) is 31.5 Å². The van der Waals surface area contributed by atoms with E-state index in [1.807, 2.05) is 13.0 Å². The van der Waals surface area contributed by atoms with E-state index in [4.69, 9.17) is 4.52 Å². The second-order valence-electron chi connectivity index (χ2n) is 4.52. The Kier molecular flexibility index (Phi) is 4.18. The summed E-state index contributed by atoms with van der Waals surface area (Å²) in [4.78, 5) is 15.0. The van der Waals surface area contributed by atoms with Gasteiger partial charge in [0.2, 0.25) is 17.5 Å². The first kappa shape index (κ1) is 15.7. The van der Waals surface area contributed by atoms with Gasteiger partial charge >= 0.3 is 6.18 Å². The number of carbonyl (C=O) groups is 1. The fourth-order valence-corrected chi connectivity index (χ4v) is 2.35. The van der Waals surface area contributed by atoms with Gasteiger partial charge < -0.3 is 4.52 Å². The molecule has 1 aromatic carbocycles. The molecule has 1 atom stereocenters. The highest BCUT2D eigenvalue weighted by Gasteiger charge is 2.44. The van der Waals surface area contributed by atoms with E-state index < -0.39 is 17.9 Å². The summed E-state index contributed by atoms with van der Waals surface area (Å²) in [6.45, 7) is 2.97. The summed E-state index contributed by atoms with van der Waals surface area (Å²) >= 11 is 3.32. The second kappa shape index (κ2) is 5.59. The normalized spacial score (nSPS) is 13.2. The highest BCUT2D eigenvalue weighted by molar-refractivity contribution is 9.10. The molecule has 0 amide bonds. The number of alkyl halides is 3. The van der Waals surface area contributed by atoms with Crippen LogP contribution in [0.1, 0.15) is 24.3 Å². The van der Waals surface area contributed by atoms with Crippen molar-refractivity contribution in [3.8, 4) is 11.4 Å². The van der Waals surface area contributed by atoms with E-state index >= 15 is 0 Å². The minimum Gasteiger partial charge on any atom is -0.338 e. The molecule has 0 aliphatic rings. The summed E-state index contributed by atoms with van der Waals surface area (Å²) in [6, 6.07) is 5.33. The molecule has 0 aliphatic carbocycles. The first-order valence-electron chi connectivity index (χ1n) is 5.91. The number of aromatic nitrogens is 2. The van der Waals surface area contributed by atoms with Gasteiger partial charge in [-0.2, -0.15) is 18.2 Å². The third-order valence-corrected chi connectivity index (χ3v) is 3.51. The van der Waals surface area contributed by atoms with Crippen molar-refractivity contribution in [1.82, 2.24) is 10.1 Å². The summed E-state index contributed by atoms with van der Waals surface area (Å²) in [5.41, 5.74) is 1.57. The first-order chi connectivity index (χ1) is 9.70. The molecule has 0 aliphatic heterocycles. The van der Waals surface area contributed by atoms with E-state index in [0.29, 0.717) is 10.0 Å². The maximum atomic E-state index is 12.4. The molecule has 0 spiro atoms. The number of rotatable bonds is 3. The Morgan fingerprint density at radius 3 is 2.62 bits per heavy atom. The molecule has 0 fully saturated rings. The number of benzene rings is 1. The molecule has 1 unspecified atom stereocenters. The van der Waals surface area contributed by atoms with E-state index in [2.05, 4.69) is 26.1 Å². The lowest BCUT2D eigenvalue weighted by Crippen LogP contribution is -2.27. The van der Waals surface area contributed by atoms with Crippen molar-refractivity contribution in [3.05, 3.63) is 34.1 Å². The Bertz CT molecular complexity index is 682. The molecule has 112 valence electrons. The minimum absolute atomic E-state index is 0.124. The van der Waals surface area contributed by atoms with Crippen LogP contribution in [0.2, 0.25) is 0 Å². The van der Waals surface area contributed by atoms with E-state index in [-0.39, 0.29) is 11.7 Å². The lowest BCUT2D eigenvalue weighted by atomic mass is 10.1. The fraction of sp³-hybridized carbons (Fsp3) is 0.308. The number of hydrogen-bond donors (Lipinski definition) is 0. The number of Topliss-reactive ketones (excluding diaryl/α,β-unsaturated/α-hetero) is 1. The first-order valence-corrected chi connectivity index (χ1v) is 6.70. The maximum absolute atomic E-state index is 12.4. The van der Waals surface area contributed by atoms with Gasteiger partial charge in [0.15, 0.2) is 0 Å². The van der Waals surface area contributed by atoms with Crippen molar-refractivity contribution in [3.63, 3.8) is 0 Å². The number of nitrogens with zero attached hydrogens (tertiary/aromatic N) is 2. The van der Waals surface area contributed by atoms with Crippen LogP contribution in [-0.2, 0) is 4.79 Å². The number of ketones is 1. The average Bonchev–Trinajstić information content (AvgIpc) is 2.85. The molecular formula is C13H10BrF3N2O2. The van der Waals surface area contributed by atoms with Gasteiger partial charge in [-0.1, -0.05) is 27.2 Å². The molecule has 2 rings (SSSR count). The van der Waals surface area contributed by atoms with Crippen LogP contribution in [0.5, 0.6) is 0 Å². The van der Waals surface area contributed by atoms with Crippen LogP contribution < -0.4 is 0 Å². The average molecular weight is 363 g/mol. The molecule has 21 heavy (non-hydrogen) atoms. The smallest absolute Gasteiger partial charge is 0.338 e. The molecular weight excluding hydrogens is 353 g/mol. The van der Waals surface area contributed by atoms with Gasteiger partial charge in [0.05, 0.1) is 0 Å². The zero-order valence-corrected chi connectivity index (χ0v) is 12.6. The van der Waals surface area contributed by atoms with Crippen LogP contribution in [0.15, 0.2) is 27.2 Å². The quantitative estimate of drug-likeness (QED) is 0.826. The molecule has 0 saturated heterocycles. The molecule has 2 aromatic rings. The highest BCUT2D eigenvalue weighted by atomic mass is 79.9. The summed E-state index contributed by atoms with van der Waals surface area (Å²) in [5.74, 6) is -3.69. The SMILES string of the molecule is Cc1ccc(-c2noc(C(C)C(=O)C(F)(F)F)n2)c(Br)c1. The van der Waals surface area contributed by atoms with Gasteiger partial charge in [-0.25, -0.2) is 0 Å². The van der Waals surface area contributed by atoms with Gasteiger partial charge in [0.25, 0.3) is 0 Å². The molecule has 0 radical (unpaired) electrons. The number of hydrogen-bond acceptors (Lipinski definition) is 4. The zero-order chi connectivity index (χ0) is 15.8. The number of carbonyl (C=O) groups excluding carboxylic acids is 1. The van der Waals surface area contributed by atoms with Crippen LogP contribution >= 0.6 is 15.9 Å². The van der Waals surface area contributed by atoms with Crippen LogP contribution in [0.4, 0.5) is 13.2 Å². The summed E-state index contributed by atoms with van der Waals surface area (Å²) in [7, 11) is 0. The predicted molar refractivity (Wildman–Crippen MR) is 71.6 cm³/mol. The van der Waals surface area contributed by atoms with Crippen molar-refractivity contribution in [1.29, 1.82) is 0 Å². The van der Waals surface area contributed by atoms with E-state index in [1.54, 1.807) is 12.1 Å². The lowest BCUT2D eigenvalue weighted by Gasteiger charge is -2.08. The van der Waals surface area contributed by atoms with E-state index in [1.165, 1.54) is 0 Å². The van der Waals surface area contributed by atoms with Gasteiger partial charge in [-0.3, -0.25) is 4.79 Å². The highest BCUT2D eigenvalue weighted by Crippen LogP contribution is 2.30. The van der Waals surface area contributed by atoms with Gasteiger partial charge in [0, 0.05) is 10.0 Å². The summed E-state index contributed by atoms with van der Waals surface area (Å²) < 4.78 is 42.6. The maximum Gasteiger partial charge on any atom is 0.450 e. The zero-order valence-electron chi connectivity index (χ0n) is 11.0. The number of aryl methyl sites for hydroxylation is 1. The Labute approximate surface area is 126 Å². The number of halogens is 4. The van der Waals surface area contributed by atoms with Crippen LogP contribution in [0, 0.1) is 6.92 Å². The Morgan fingerprint density at radius 2 is 2.05 bits per heavy atom. The Hall–Kier alpha value is -1.70. The molecule has 1 aromatic heterocycles. The van der Waals surface area contributed by atoms with Crippen LogP contribution in [-0.4, -0.2) is 22.1 Å². The second-order valence-corrected chi connectivity index (χ2v) is 5.38. The Balaban J connectivity index is 2.32. The van der Waals surface area contributed by atoms with Gasteiger partial charge in [-0.15, -0.1) is 0 Å². The largest absolute Gasteiger partial charge is 0.450 e. The Morgan fingerprint density at radius 1 is 1.38 bits per heavy atom. The molecule has 0 bridgehead atoms. The van der Waals surface area contributed by atoms with E-state index in [0.717, 1.165) is 12.5 Å². The summed E-state index contributed by atoms with van der Waals surface area (Å²) in [5, 5.41) is 3.63.